The number of ether oxygens (including phenoxy) is 1. The Bertz CT molecular complexity index is 906. The fraction of sp³-hybridized carbons (Fsp3) is 0.235. The number of hydrogen-bond donors (Lipinski definition) is 1. The van der Waals surface area contributed by atoms with Gasteiger partial charge in [-0.05, 0) is 17.2 Å². The first-order valence-corrected chi connectivity index (χ1v) is 7.77. The molecule has 0 aliphatic heterocycles. The highest BCUT2D eigenvalue weighted by molar-refractivity contribution is 6.48. The standard InChI is InChI=1S/C17H15ClN4O4/c1-17(2,3)13-8-12(22-26-13)14(24)16(19-4)21-20-11-7-5-6-10(18)15(11)25-9-23/h5-9,20H,1-3H3/b21-16+. The second-order valence-corrected chi connectivity index (χ2v) is 6.55. The molecule has 0 aliphatic rings. The van der Waals surface area contributed by atoms with Crippen LogP contribution >= 0.6 is 11.6 Å². The number of benzene rings is 1. The summed E-state index contributed by atoms with van der Waals surface area (Å²) in [5.41, 5.74) is 2.36. The maximum atomic E-state index is 12.4. The van der Waals surface area contributed by atoms with Crippen LogP contribution in [-0.2, 0) is 10.2 Å². The van der Waals surface area contributed by atoms with E-state index >= 15 is 0 Å². The maximum absolute atomic E-state index is 12.4. The summed E-state index contributed by atoms with van der Waals surface area (Å²) in [6.45, 7) is 13.1. The number of hydrazone groups is 1. The third kappa shape index (κ3) is 4.26. The van der Waals surface area contributed by atoms with Crippen molar-refractivity contribution in [2.75, 3.05) is 5.43 Å². The summed E-state index contributed by atoms with van der Waals surface area (Å²) < 4.78 is 9.93. The molecule has 0 bridgehead atoms. The predicted octanol–water partition coefficient (Wildman–Crippen LogP) is 3.69. The molecular formula is C17H15ClN4O4. The highest BCUT2D eigenvalue weighted by Crippen LogP contribution is 2.32. The number of hydrogen-bond acceptors (Lipinski definition) is 7. The van der Waals surface area contributed by atoms with Gasteiger partial charge in [0.25, 0.3) is 6.47 Å². The van der Waals surface area contributed by atoms with E-state index in [-0.39, 0.29) is 34.0 Å². The lowest BCUT2D eigenvalue weighted by molar-refractivity contribution is -0.120. The van der Waals surface area contributed by atoms with E-state index in [2.05, 4.69) is 20.5 Å². The summed E-state index contributed by atoms with van der Waals surface area (Å²) in [5, 5.41) is 7.64. The summed E-state index contributed by atoms with van der Waals surface area (Å²) in [6, 6.07) is 6.10. The van der Waals surface area contributed by atoms with Gasteiger partial charge in [-0.2, -0.15) is 5.43 Å². The van der Waals surface area contributed by atoms with Crippen molar-refractivity contribution in [3.63, 3.8) is 0 Å². The Labute approximate surface area is 154 Å². The molecule has 0 radical (unpaired) electrons. The second kappa shape index (κ2) is 7.80. The second-order valence-electron chi connectivity index (χ2n) is 6.15. The predicted molar refractivity (Wildman–Crippen MR) is 95.3 cm³/mol. The molecule has 9 heteroatoms. The highest BCUT2D eigenvalue weighted by atomic mass is 35.5. The molecule has 0 amide bonds. The number of nitrogens with zero attached hydrogens (tertiary/aromatic N) is 3. The van der Waals surface area contributed by atoms with Crippen molar-refractivity contribution in [3.05, 3.63) is 52.2 Å². The van der Waals surface area contributed by atoms with E-state index in [9.17, 15) is 9.59 Å². The summed E-state index contributed by atoms with van der Waals surface area (Å²) >= 11 is 5.94. The number of amidine groups is 1. The third-order valence-corrected chi connectivity index (χ3v) is 3.50. The van der Waals surface area contributed by atoms with Crippen LogP contribution in [0.3, 0.4) is 0 Å². The van der Waals surface area contributed by atoms with Crippen molar-refractivity contribution in [3.8, 4) is 5.75 Å². The molecule has 8 nitrogen and oxygen atoms in total. The maximum Gasteiger partial charge on any atom is 0.343 e. The van der Waals surface area contributed by atoms with E-state index in [1.165, 1.54) is 18.2 Å². The SMILES string of the molecule is [C-]#[N+]/C(=N/Nc1cccc(Cl)c1OC=O)C(=O)c1cc(C(C)(C)C)on1. The van der Waals surface area contributed by atoms with Crippen LogP contribution in [0.25, 0.3) is 4.85 Å². The van der Waals surface area contributed by atoms with Gasteiger partial charge in [-0.25, -0.2) is 0 Å². The van der Waals surface area contributed by atoms with Gasteiger partial charge in [0.2, 0.25) is 5.78 Å². The Hall–Kier alpha value is -3.18. The highest BCUT2D eigenvalue weighted by Gasteiger charge is 2.25. The van der Waals surface area contributed by atoms with E-state index in [0.29, 0.717) is 5.76 Å². The van der Waals surface area contributed by atoms with Crippen molar-refractivity contribution in [1.29, 1.82) is 0 Å². The summed E-state index contributed by atoms with van der Waals surface area (Å²) in [4.78, 5) is 26.1. The molecule has 0 saturated carbocycles. The van der Waals surface area contributed by atoms with Gasteiger partial charge < -0.3 is 14.1 Å². The lowest BCUT2D eigenvalue weighted by Gasteiger charge is -2.12. The molecule has 0 atom stereocenters. The minimum Gasteiger partial charge on any atom is -0.425 e. The minimum absolute atomic E-state index is 0.0260. The van der Waals surface area contributed by atoms with Gasteiger partial charge in [-0.3, -0.25) is 9.59 Å². The Balaban J connectivity index is 2.28. The first-order chi connectivity index (χ1) is 12.3. The lowest BCUT2D eigenvalue weighted by atomic mass is 9.93. The quantitative estimate of drug-likeness (QED) is 0.207. The normalized spacial score (nSPS) is 11.6. The van der Waals surface area contributed by atoms with Gasteiger partial charge in [0.15, 0.2) is 5.75 Å². The molecule has 0 fully saturated rings. The monoisotopic (exact) mass is 374 g/mol. The first-order valence-electron chi connectivity index (χ1n) is 7.39. The summed E-state index contributed by atoms with van der Waals surface area (Å²) in [7, 11) is 0. The number of halogens is 1. The zero-order valence-corrected chi connectivity index (χ0v) is 15.0. The van der Waals surface area contributed by atoms with Gasteiger partial charge >= 0.3 is 5.84 Å². The fourth-order valence-corrected chi connectivity index (χ4v) is 2.07. The molecular weight excluding hydrogens is 360 g/mol. The van der Waals surface area contributed by atoms with Gasteiger partial charge in [-0.15, -0.1) is 0 Å². The Morgan fingerprint density at radius 2 is 2.19 bits per heavy atom. The molecule has 1 heterocycles. The van der Waals surface area contributed by atoms with Crippen LogP contribution in [0.4, 0.5) is 5.69 Å². The molecule has 0 spiro atoms. The number of anilines is 1. The van der Waals surface area contributed by atoms with Gasteiger partial charge in [0.05, 0.1) is 5.02 Å². The number of carbonyl (C=O) groups is 2. The van der Waals surface area contributed by atoms with E-state index in [1.54, 1.807) is 6.07 Å². The van der Waals surface area contributed by atoms with Crippen molar-refractivity contribution >= 4 is 35.4 Å². The minimum atomic E-state index is -0.702. The van der Waals surface area contributed by atoms with Crippen LogP contribution < -0.4 is 10.2 Å². The molecule has 1 N–H and O–H groups in total. The Morgan fingerprint density at radius 1 is 1.46 bits per heavy atom. The molecule has 1 aromatic heterocycles. The van der Waals surface area contributed by atoms with Crippen molar-refractivity contribution in [2.24, 2.45) is 5.10 Å². The molecule has 0 unspecified atom stereocenters. The molecule has 0 aliphatic carbocycles. The van der Waals surface area contributed by atoms with E-state index in [1.807, 2.05) is 20.8 Å². The van der Waals surface area contributed by atoms with Gasteiger partial charge in [-0.1, -0.05) is 50.2 Å². The van der Waals surface area contributed by atoms with Crippen LogP contribution in [-0.4, -0.2) is 23.2 Å². The number of rotatable bonds is 6. The van der Waals surface area contributed by atoms with Gasteiger partial charge in [0, 0.05) is 11.5 Å². The van der Waals surface area contributed by atoms with Crippen molar-refractivity contribution in [2.45, 2.75) is 26.2 Å². The molecule has 0 saturated heterocycles. The number of para-hydroxylation sites is 1. The van der Waals surface area contributed by atoms with E-state index in [4.69, 9.17) is 27.4 Å². The van der Waals surface area contributed by atoms with Crippen LogP contribution in [0.15, 0.2) is 33.9 Å². The number of ketones is 1. The third-order valence-electron chi connectivity index (χ3n) is 3.21. The van der Waals surface area contributed by atoms with Crippen LogP contribution in [0.1, 0.15) is 37.0 Å². The fourth-order valence-electron chi connectivity index (χ4n) is 1.85. The molecule has 2 rings (SSSR count). The molecule has 26 heavy (non-hydrogen) atoms. The zero-order chi connectivity index (χ0) is 19.3. The van der Waals surface area contributed by atoms with Crippen LogP contribution in [0, 0.1) is 6.57 Å². The summed E-state index contributed by atoms with van der Waals surface area (Å²) in [6.07, 6.45) is 0. The number of Topliss-reactive ketones (excluding diaryl/α,β-unsaturated/α-hetero) is 1. The Morgan fingerprint density at radius 3 is 2.77 bits per heavy atom. The van der Waals surface area contributed by atoms with Crippen molar-refractivity contribution in [1.82, 2.24) is 5.16 Å². The first kappa shape index (κ1) is 19.1. The molecule has 1 aromatic carbocycles. The van der Waals surface area contributed by atoms with E-state index in [0.717, 1.165) is 0 Å². The number of carbonyl (C=O) groups excluding carboxylic acids is 2. The summed E-state index contributed by atoms with van der Waals surface area (Å²) in [5.74, 6) is -0.627. The molecule has 134 valence electrons. The largest absolute Gasteiger partial charge is 0.425 e. The average Bonchev–Trinajstić information content (AvgIpc) is 3.08. The Kier molecular flexibility index (Phi) is 5.75. The van der Waals surface area contributed by atoms with Crippen LogP contribution in [0.5, 0.6) is 5.75 Å². The average molecular weight is 375 g/mol. The molecule has 2 aromatic rings. The number of aromatic nitrogens is 1. The van der Waals surface area contributed by atoms with Crippen molar-refractivity contribution < 1.29 is 18.8 Å². The van der Waals surface area contributed by atoms with Gasteiger partial charge in [0.1, 0.15) is 17.1 Å². The lowest BCUT2D eigenvalue weighted by Crippen LogP contribution is -2.13. The smallest absolute Gasteiger partial charge is 0.343 e. The number of nitrogens with one attached hydrogen (secondary N) is 1. The van der Waals surface area contributed by atoms with Crippen LogP contribution in [0.2, 0.25) is 5.02 Å². The van der Waals surface area contributed by atoms with E-state index < -0.39 is 11.6 Å². The zero-order valence-electron chi connectivity index (χ0n) is 14.2. The topological polar surface area (TPSA) is 98.2 Å².